The third-order valence-electron chi connectivity index (χ3n) is 5.44. The van der Waals surface area contributed by atoms with Crippen molar-refractivity contribution in [2.45, 2.75) is 27.2 Å². The summed E-state index contributed by atoms with van der Waals surface area (Å²) in [5, 5.41) is 20.6. The molecule has 0 aliphatic heterocycles. The highest BCUT2D eigenvalue weighted by Gasteiger charge is 2.16. The Balaban J connectivity index is 0.000000466. The Morgan fingerprint density at radius 3 is 2.31 bits per heavy atom. The quantitative estimate of drug-likeness (QED) is 0.210. The van der Waals surface area contributed by atoms with Gasteiger partial charge in [0.05, 0.1) is 18.2 Å². The normalized spacial score (nSPS) is 11.0. The highest BCUT2D eigenvalue weighted by atomic mass is 32.1. The van der Waals surface area contributed by atoms with Gasteiger partial charge in [0, 0.05) is 33.5 Å². The molecule has 0 saturated heterocycles. The van der Waals surface area contributed by atoms with Crippen LogP contribution in [0, 0.1) is 6.92 Å². The van der Waals surface area contributed by atoms with Crippen LogP contribution in [0.15, 0.2) is 47.3 Å². The zero-order valence-electron chi connectivity index (χ0n) is 20.5. The van der Waals surface area contributed by atoms with Crippen LogP contribution in [0.5, 0.6) is 5.75 Å². The zero-order valence-corrected chi connectivity index (χ0v) is 21.3. The van der Waals surface area contributed by atoms with Gasteiger partial charge in [-0.1, -0.05) is 26.0 Å². The molecule has 3 aromatic rings. The lowest BCUT2D eigenvalue weighted by atomic mass is 10.1. The van der Waals surface area contributed by atoms with Crippen LogP contribution in [-0.4, -0.2) is 60.3 Å². The second-order valence-electron chi connectivity index (χ2n) is 7.72. The van der Waals surface area contributed by atoms with Gasteiger partial charge in [-0.25, -0.2) is 9.59 Å². The fraction of sp³-hybridized carbons (Fsp3) is 0.346. The fourth-order valence-electron chi connectivity index (χ4n) is 3.64. The Morgan fingerprint density at radius 1 is 1.11 bits per heavy atom. The topological polar surface area (TPSA) is 116 Å². The summed E-state index contributed by atoms with van der Waals surface area (Å²) in [7, 11) is 1.66. The van der Waals surface area contributed by atoms with Gasteiger partial charge in [0.25, 0.3) is 0 Å². The van der Waals surface area contributed by atoms with Gasteiger partial charge < -0.3 is 25.2 Å². The standard InChI is InChI=1S/C22H28N2O2S.C4H4O4/c1-5-24(6-2)13-9-12-23-20-17(26-4)14-15(3)22-19(20)21(25)16-10-7-8-11-18(16)27-22;5-3(6)1-2-4(7)8/h7-8,10-11,14,23H,5-6,9,12-13H2,1-4H3;1-2H,(H,5,6)(H,7,8). The number of carbonyl (C=O) groups is 2. The number of fused-ring (bicyclic) bond motifs is 2. The molecule has 35 heavy (non-hydrogen) atoms. The highest BCUT2D eigenvalue weighted by molar-refractivity contribution is 7.24. The predicted molar refractivity (Wildman–Crippen MR) is 142 cm³/mol. The lowest BCUT2D eigenvalue weighted by molar-refractivity contribution is -0.134. The lowest BCUT2D eigenvalue weighted by Gasteiger charge is -2.19. The molecule has 3 rings (SSSR count). The molecule has 0 amide bonds. The number of hydrogen-bond donors (Lipinski definition) is 3. The minimum Gasteiger partial charge on any atom is -0.495 e. The van der Waals surface area contributed by atoms with E-state index in [1.54, 1.807) is 18.4 Å². The first-order chi connectivity index (χ1) is 16.7. The fourth-order valence-corrected chi connectivity index (χ4v) is 4.79. The maximum absolute atomic E-state index is 13.3. The summed E-state index contributed by atoms with van der Waals surface area (Å²) in [4.78, 5) is 34.8. The maximum Gasteiger partial charge on any atom is 0.328 e. The Kier molecular flexibility index (Phi) is 10.7. The maximum atomic E-state index is 13.3. The van der Waals surface area contributed by atoms with Crippen LogP contribution in [0.25, 0.3) is 20.2 Å². The summed E-state index contributed by atoms with van der Waals surface area (Å²) in [6.07, 6.45) is 2.13. The molecule has 2 aromatic carbocycles. The van der Waals surface area contributed by atoms with E-state index in [-0.39, 0.29) is 5.43 Å². The predicted octanol–water partition coefficient (Wildman–Crippen LogP) is 4.59. The largest absolute Gasteiger partial charge is 0.495 e. The van der Waals surface area contributed by atoms with E-state index >= 15 is 0 Å². The van der Waals surface area contributed by atoms with Crippen LogP contribution in [0.1, 0.15) is 25.8 Å². The third-order valence-corrected chi connectivity index (χ3v) is 6.74. The first-order valence-electron chi connectivity index (χ1n) is 11.4. The van der Waals surface area contributed by atoms with Crippen LogP contribution in [-0.2, 0) is 9.59 Å². The second kappa shape index (κ2) is 13.5. The minimum atomic E-state index is -1.26. The van der Waals surface area contributed by atoms with Gasteiger partial charge in [0.1, 0.15) is 5.75 Å². The number of rotatable bonds is 10. The van der Waals surface area contributed by atoms with E-state index in [1.807, 2.05) is 37.3 Å². The van der Waals surface area contributed by atoms with Gasteiger partial charge in [0.15, 0.2) is 5.43 Å². The first kappa shape index (κ1) is 27.8. The van der Waals surface area contributed by atoms with Crippen molar-refractivity contribution in [3.05, 3.63) is 58.3 Å². The van der Waals surface area contributed by atoms with E-state index in [2.05, 4.69) is 24.1 Å². The summed E-state index contributed by atoms with van der Waals surface area (Å²) in [6.45, 7) is 10.4. The number of aliphatic carboxylic acids is 2. The molecule has 8 nitrogen and oxygen atoms in total. The second-order valence-corrected chi connectivity index (χ2v) is 8.77. The number of aryl methyl sites for hydroxylation is 1. The Bertz CT molecular complexity index is 1250. The van der Waals surface area contributed by atoms with E-state index in [9.17, 15) is 14.4 Å². The summed E-state index contributed by atoms with van der Waals surface area (Å²) < 4.78 is 7.67. The summed E-state index contributed by atoms with van der Waals surface area (Å²) in [5.74, 6) is -1.78. The average Bonchev–Trinajstić information content (AvgIpc) is 2.84. The van der Waals surface area contributed by atoms with Crippen molar-refractivity contribution in [3.8, 4) is 5.75 Å². The van der Waals surface area contributed by atoms with E-state index in [0.29, 0.717) is 12.2 Å². The molecule has 0 saturated carbocycles. The van der Waals surface area contributed by atoms with Crippen LogP contribution in [0.2, 0.25) is 0 Å². The molecule has 188 valence electrons. The van der Waals surface area contributed by atoms with Crippen LogP contribution >= 0.6 is 11.3 Å². The number of benzene rings is 2. The molecule has 0 spiro atoms. The molecule has 0 radical (unpaired) electrons. The van der Waals surface area contributed by atoms with Gasteiger partial charge >= 0.3 is 11.9 Å². The number of anilines is 1. The number of nitrogens with one attached hydrogen (secondary N) is 1. The van der Waals surface area contributed by atoms with Gasteiger partial charge in [-0.3, -0.25) is 4.79 Å². The number of ether oxygens (including phenoxy) is 1. The molecule has 0 bridgehead atoms. The molecule has 0 aliphatic carbocycles. The smallest absolute Gasteiger partial charge is 0.328 e. The minimum absolute atomic E-state index is 0.0765. The molecule has 9 heteroatoms. The van der Waals surface area contributed by atoms with Gasteiger partial charge in [-0.05, 0) is 56.7 Å². The van der Waals surface area contributed by atoms with Crippen molar-refractivity contribution in [1.82, 2.24) is 4.90 Å². The van der Waals surface area contributed by atoms with Gasteiger partial charge in [-0.15, -0.1) is 11.3 Å². The van der Waals surface area contributed by atoms with Gasteiger partial charge in [0.2, 0.25) is 0 Å². The monoisotopic (exact) mass is 500 g/mol. The highest BCUT2D eigenvalue weighted by Crippen LogP contribution is 2.38. The molecule has 0 unspecified atom stereocenters. The van der Waals surface area contributed by atoms with E-state index in [0.717, 1.165) is 69.8 Å². The molecule has 0 fully saturated rings. The van der Waals surface area contributed by atoms with Crippen molar-refractivity contribution in [1.29, 1.82) is 0 Å². The first-order valence-corrected chi connectivity index (χ1v) is 12.2. The van der Waals surface area contributed by atoms with Crippen LogP contribution in [0.3, 0.4) is 0 Å². The molecule has 0 atom stereocenters. The van der Waals surface area contributed by atoms with Gasteiger partial charge in [-0.2, -0.15) is 0 Å². The SMILES string of the molecule is CCN(CC)CCCNc1c(OC)cc(C)c2sc3ccccc3c(=O)c12.O=C(O)C=CC(=O)O. The van der Waals surface area contributed by atoms with E-state index in [1.165, 1.54) is 0 Å². The van der Waals surface area contributed by atoms with Crippen molar-refractivity contribution in [2.24, 2.45) is 0 Å². The van der Waals surface area contributed by atoms with Crippen molar-refractivity contribution >= 4 is 49.1 Å². The number of methoxy groups -OCH3 is 1. The number of nitrogens with zero attached hydrogens (tertiary/aromatic N) is 1. The Morgan fingerprint density at radius 2 is 1.74 bits per heavy atom. The molecule has 0 aliphatic rings. The molecule has 1 heterocycles. The molecular weight excluding hydrogens is 468 g/mol. The Labute approximate surface area is 208 Å². The number of carboxylic acid groups (broad SMARTS) is 2. The van der Waals surface area contributed by atoms with Crippen molar-refractivity contribution in [3.63, 3.8) is 0 Å². The average molecular weight is 501 g/mol. The Hall–Kier alpha value is -3.43. The molecular formula is C26H32N2O6S. The number of carboxylic acids is 2. The zero-order chi connectivity index (χ0) is 26.0. The lowest BCUT2D eigenvalue weighted by Crippen LogP contribution is -2.25. The number of hydrogen-bond acceptors (Lipinski definition) is 7. The summed E-state index contributed by atoms with van der Waals surface area (Å²) in [5.41, 5.74) is 1.97. The molecule has 3 N–H and O–H groups in total. The van der Waals surface area contributed by atoms with Crippen LogP contribution < -0.4 is 15.5 Å². The molecule has 1 aromatic heterocycles. The van der Waals surface area contributed by atoms with Crippen molar-refractivity contribution < 1.29 is 24.5 Å². The van der Waals surface area contributed by atoms with E-state index < -0.39 is 11.9 Å². The van der Waals surface area contributed by atoms with E-state index in [4.69, 9.17) is 14.9 Å². The summed E-state index contributed by atoms with van der Waals surface area (Å²) >= 11 is 1.67. The van der Waals surface area contributed by atoms with Crippen molar-refractivity contribution in [2.75, 3.05) is 38.6 Å². The third kappa shape index (κ3) is 7.53. The summed E-state index contributed by atoms with van der Waals surface area (Å²) in [6, 6.07) is 9.86. The van der Waals surface area contributed by atoms with Crippen LogP contribution in [0.4, 0.5) is 5.69 Å².